The Morgan fingerprint density at radius 1 is 1.03 bits per heavy atom. The normalized spacial score (nSPS) is 11.0. The van der Waals surface area contributed by atoms with Gasteiger partial charge in [-0.15, -0.1) is 0 Å². The first-order valence-electron chi connectivity index (χ1n) is 11.2. The number of benzene rings is 2. The number of carbonyl (C=O) groups excluding carboxylic acids is 2. The molecule has 35 heavy (non-hydrogen) atoms. The summed E-state index contributed by atoms with van der Waals surface area (Å²) in [5, 5.41) is 30.0. The van der Waals surface area contributed by atoms with Crippen LogP contribution >= 0.6 is 0 Å². The highest BCUT2D eigenvalue weighted by Crippen LogP contribution is 2.41. The molecule has 9 heteroatoms. The van der Waals surface area contributed by atoms with Crippen molar-refractivity contribution in [1.29, 1.82) is 0 Å². The zero-order valence-electron chi connectivity index (χ0n) is 19.6. The molecule has 0 radical (unpaired) electrons. The summed E-state index contributed by atoms with van der Waals surface area (Å²) in [4.78, 5) is 25.7. The van der Waals surface area contributed by atoms with Crippen molar-refractivity contribution in [1.82, 2.24) is 15.0 Å². The van der Waals surface area contributed by atoms with Gasteiger partial charge in [0.25, 0.3) is 11.8 Å². The molecule has 180 valence electrons. The van der Waals surface area contributed by atoms with Crippen molar-refractivity contribution in [2.75, 3.05) is 11.9 Å². The second-order valence-electron chi connectivity index (χ2n) is 8.27. The van der Waals surface area contributed by atoms with Crippen molar-refractivity contribution in [2.24, 2.45) is 0 Å². The van der Waals surface area contributed by atoms with Crippen LogP contribution in [0.1, 0.15) is 53.1 Å². The fraction of sp³-hybridized carbons (Fsp3) is 0.192. The summed E-state index contributed by atoms with van der Waals surface area (Å²) < 4.78 is 7.35. The molecule has 0 saturated heterocycles. The molecule has 0 saturated carbocycles. The van der Waals surface area contributed by atoms with Crippen LogP contribution in [0.3, 0.4) is 0 Å². The van der Waals surface area contributed by atoms with E-state index in [0.717, 1.165) is 5.69 Å². The van der Waals surface area contributed by atoms with Gasteiger partial charge in [0.1, 0.15) is 17.2 Å². The minimum Gasteiger partial charge on any atom is -0.508 e. The molecule has 2 aromatic heterocycles. The Labute approximate surface area is 202 Å². The van der Waals surface area contributed by atoms with Gasteiger partial charge < -0.3 is 29.9 Å². The minimum atomic E-state index is -0.539. The number of amides is 2. The molecule has 0 aliphatic heterocycles. The zero-order valence-corrected chi connectivity index (χ0v) is 19.6. The Morgan fingerprint density at radius 3 is 2.34 bits per heavy atom. The van der Waals surface area contributed by atoms with Crippen LogP contribution in [-0.2, 0) is 0 Å². The molecule has 2 amide bonds. The third-order valence-electron chi connectivity index (χ3n) is 5.53. The quantitative estimate of drug-likeness (QED) is 0.308. The fourth-order valence-electron chi connectivity index (χ4n) is 3.70. The first-order chi connectivity index (χ1) is 16.8. The van der Waals surface area contributed by atoms with Crippen molar-refractivity contribution >= 4 is 17.5 Å². The predicted molar refractivity (Wildman–Crippen MR) is 131 cm³/mol. The molecule has 2 aromatic carbocycles. The molecule has 4 aromatic rings. The molecule has 0 bridgehead atoms. The average molecular weight is 475 g/mol. The van der Waals surface area contributed by atoms with Gasteiger partial charge in [-0.2, -0.15) is 0 Å². The number of anilines is 1. The van der Waals surface area contributed by atoms with Crippen LogP contribution < -0.4 is 10.6 Å². The van der Waals surface area contributed by atoms with Crippen LogP contribution in [0.5, 0.6) is 11.5 Å². The standard InChI is InChI=1S/C26H26N4O5/c1-4-27-26(34)23-22(24(35-29-23)19-13-18(15(2)3)20(31)14-21(19)32)28-25(33)16-7-9-17(10-8-16)30-11-5-6-12-30/h5-15,31-32H,4H2,1-3H3,(H,27,34)(H,28,33). The second-order valence-corrected chi connectivity index (χ2v) is 8.27. The lowest BCUT2D eigenvalue weighted by molar-refractivity contribution is 0.0947. The minimum absolute atomic E-state index is 0.00274. The summed E-state index contributed by atoms with van der Waals surface area (Å²) in [6.45, 7) is 5.87. The van der Waals surface area contributed by atoms with Gasteiger partial charge in [0, 0.05) is 36.3 Å². The number of nitrogens with one attached hydrogen (secondary N) is 2. The van der Waals surface area contributed by atoms with Crippen molar-refractivity contribution < 1.29 is 24.3 Å². The van der Waals surface area contributed by atoms with Crippen LogP contribution in [0.2, 0.25) is 0 Å². The summed E-state index contributed by atoms with van der Waals surface area (Å²) in [6.07, 6.45) is 3.79. The van der Waals surface area contributed by atoms with Crippen molar-refractivity contribution in [2.45, 2.75) is 26.7 Å². The second kappa shape index (κ2) is 9.76. The van der Waals surface area contributed by atoms with Gasteiger partial charge in [-0.25, -0.2) is 0 Å². The summed E-state index contributed by atoms with van der Waals surface area (Å²) in [5.74, 6) is -1.43. The average Bonchev–Trinajstić information content (AvgIpc) is 3.50. The summed E-state index contributed by atoms with van der Waals surface area (Å²) >= 11 is 0. The Hall–Kier alpha value is -4.53. The Balaban J connectivity index is 1.73. The molecule has 0 spiro atoms. The monoisotopic (exact) mass is 474 g/mol. The molecular formula is C26H26N4O5. The third-order valence-corrected chi connectivity index (χ3v) is 5.53. The van der Waals surface area contributed by atoms with E-state index in [1.807, 2.05) is 42.9 Å². The van der Waals surface area contributed by atoms with Crippen LogP contribution in [0.4, 0.5) is 5.69 Å². The molecule has 0 atom stereocenters. The molecule has 0 aliphatic carbocycles. The van der Waals surface area contributed by atoms with Gasteiger partial charge in [-0.3, -0.25) is 9.59 Å². The van der Waals surface area contributed by atoms with E-state index in [0.29, 0.717) is 17.7 Å². The van der Waals surface area contributed by atoms with Crippen LogP contribution in [0.25, 0.3) is 17.0 Å². The molecule has 0 unspecified atom stereocenters. The third kappa shape index (κ3) is 4.74. The summed E-state index contributed by atoms with van der Waals surface area (Å²) in [7, 11) is 0. The Kier molecular flexibility index (Phi) is 6.59. The smallest absolute Gasteiger partial charge is 0.275 e. The maximum Gasteiger partial charge on any atom is 0.275 e. The number of hydrogen-bond acceptors (Lipinski definition) is 6. The molecular weight excluding hydrogens is 448 g/mol. The lowest BCUT2D eigenvalue weighted by atomic mass is 9.97. The van der Waals surface area contributed by atoms with Gasteiger partial charge >= 0.3 is 0 Å². The number of phenols is 2. The molecule has 9 nitrogen and oxygen atoms in total. The van der Waals surface area contributed by atoms with E-state index in [1.165, 1.54) is 6.07 Å². The largest absolute Gasteiger partial charge is 0.508 e. The number of rotatable bonds is 7. The van der Waals surface area contributed by atoms with E-state index in [9.17, 15) is 19.8 Å². The van der Waals surface area contributed by atoms with Crippen LogP contribution in [0, 0.1) is 0 Å². The first-order valence-corrected chi connectivity index (χ1v) is 11.2. The van der Waals surface area contributed by atoms with Crippen molar-refractivity contribution in [3.8, 4) is 28.5 Å². The molecule has 0 fully saturated rings. The molecule has 2 heterocycles. The number of nitrogens with zero attached hydrogens (tertiary/aromatic N) is 2. The highest BCUT2D eigenvalue weighted by atomic mass is 16.5. The maximum absolute atomic E-state index is 13.1. The van der Waals surface area contributed by atoms with Gasteiger partial charge in [0.05, 0.1) is 5.56 Å². The van der Waals surface area contributed by atoms with E-state index < -0.39 is 11.8 Å². The number of hydrogen-bond donors (Lipinski definition) is 4. The van der Waals surface area contributed by atoms with Gasteiger partial charge in [-0.05, 0) is 60.9 Å². The molecule has 4 rings (SSSR count). The van der Waals surface area contributed by atoms with E-state index in [1.54, 1.807) is 37.3 Å². The number of carbonyl (C=O) groups is 2. The topological polar surface area (TPSA) is 130 Å². The maximum atomic E-state index is 13.1. The van der Waals surface area contributed by atoms with Gasteiger partial charge in [0.15, 0.2) is 11.5 Å². The van der Waals surface area contributed by atoms with E-state index >= 15 is 0 Å². The molecule has 4 N–H and O–H groups in total. The first kappa shape index (κ1) is 23.6. The predicted octanol–water partition coefficient (Wildman–Crippen LogP) is 4.67. The van der Waals surface area contributed by atoms with Gasteiger partial charge in [-0.1, -0.05) is 19.0 Å². The summed E-state index contributed by atoms with van der Waals surface area (Å²) in [6, 6.07) is 13.5. The number of aromatic hydroxyl groups is 2. The van der Waals surface area contributed by atoms with Crippen molar-refractivity contribution in [3.05, 3.63) is 77.7 Å². The van der Waals surface area contributed by atoms with E-state index in [-0.39, 0.29) is 40.1 Å². The van der Waals surface area contributed by atoms with Gasteiger partial charge in [0.2, 0.25) is 0 Å². The molecule has 0 aliphatic rings. The Bertz CT molecular complexity index is 1360. The zero-order chi connectivity index (χ0) is 25.1. The van der Waals surface area contributed by atoms with Crippen LogP contribution in [0.15, 0.2) is 65.4 Å². The number of phenolic OH excluding ortho intramolecular Hbond substituents is 2. The van der Waals surface area contributed by atoms with Crippen molar-refractivity contribution in [3.63, 3.8) is 0 Å². The number of aromatic nitrogens is 2. The summed E-state index contributed by atoms with van der Waals surface area (Å²) in [5.41, 5.74) is 1.88. The lowest BCUT2D eigenvalue weighted by Gasteiger charge is -2.13. The van der Waals surface area contributed by atoms with E-state index in [2.05, 4.69) is 15.8 Å². The highest BCUT2D eigenvalue weighted by Gasteiger charge is 2.27. The SMILES string of the molecule is CCNC(=O)c1noc(-c2cc(C(C)C)c(O)cc2O)c1NC(=O)c1ccc(-n2cccc2)cc1. The lowest BCUT2D eigenvalue weighted by Crippen LogP contribution is -2.25. The van der Waals surface area contributed by atoms with E-state index in [4.69, 9.17) is 4.52 Å². The van der Waals surface area contributed by atoms with Crippen LogP contribution in [-0.4, -0.2) is 38.3 Å². The fourth-order valence-corrected chi connectivity index (χ4v) is 3.70. The highest BCUT2D eigenvalue weighted by molar-refractivity contribution is 6.10. The Morgan fingerprint density at radius 2 is 1.71 bits per heavy atom.